The first kappa shape index (κ1) is 20.2. The Morgan fingerprint density at radius 3 is 2.50 bits per heavy atom. The number of hydrogen-bond donors (Lipinski definition) is 1. The van der Waals surface area contributed by atoms with Crippen LogP contribution < -0.4 is 10.2 Å². The Morgan fingerprint density at radius 1 is 1.21 bits per heavy atom. The van der Waals surface area contributed by atoms with Crippen molar-refractivity contribution in [3.8, 4) is 0 Å². The van der Waals surface area contributed by atoms with Crippen molar-refractivity contribution >= 4 is 34.2 Å². The second kappa shape index (κ2) is 9.11. The van der Waals surface area contributed by atoms with Crippen LogP contribution in [0.2, 0.25) is 0 Å². The van der Waals surface area contributed by atoms with Crippen LogP contribution in [-0.4, -0.2) is 66.6 Å². The van der Waals surface area contributed by atoms with Crippen molar-refractivity contribution in [1.29, 1.82) is 0 Å². The Labute approximate surface area is 168 Å². The average Bonchev–Trinajstić information content (AvgIpc) is 3.03. The first-order valence-electron chi connectivity index (χ1n) is 9.28. The first-order valence-corrected chi connectivity index (χ1v) is 10.1. The van der Waals surface area contributed by atoms with Crippen LogP contribution in [-0.2, 0) is 16.0 Å². The fourth-order valence-corrected chi connectivity index (χ4v) is 4.49. The van der Waals surface area contributed by atoms with Gasteiger partial charge in [0.2, 0.25) is 11.9 Å². The molecule has 0 radical (unpaired) electrons. The molecule has 150 valence electrons. The van der Waals surface area contributed by atoms with Gasteiger partial charge in [0.25, 0.3) is 0 Å². The smallest absolute Gasteiger partial charge is 0.341 e. The van der Waals surface area contributed by atoms with Gasteiger partial charge in [0.1, 0.15) is 5.00 Å². The van der Waals surface area contributed by atoms with E-state index in [4.69, 9.17) is 4.74 Å². The number of aromatic nitrogens is 2. The minimum atomic E-state index is -0.409. The summed E-state index contributed by atoms with van der Waals surface area (Å²) in [6.07, 6.45) is 4.18. The van der Waals surface area contributed by atoms with E-state index in [0.29, 0.717) is 17.0 Å². The summed E-state index contributed by atoms with van der Waals surface area (Å²) < 4.78 is 4.91. The zero-order valence-electron chi connectivity index (χ0n) is 16.4. The average molecular weight is 404 g/mol. The molecular formula is C19H25N5O3S. The summed E-state index contributed by atoms with van der Waals surface area (Å²) in [4.78, 5) is 38.5. The van der Waals surface area contributed by atoms with Gasteiger partial charge >= 0.3 is 5.97 Å². The van der Waals surface area contributed by atoms with Crippen LogP contribution in [0.5, 0.6) is 0 Å². The van der Waals surface area contributed by atoms with Crippen molar-refractivity contribution in [2.24, 2.45) is 0 Å². The number of hydrogen-bond acceptors (Lipinski definition) is 8. The molecule has 1 fully saturated rings. The van der Waals surface area contributed by atoms with Gasteiger partial charge in [-0.15, -0.1) is 11.3 Å². The summed E-state index contributed by atoms with van der Waals surface area (Å²) in [6, 6.07) is 1.79. The van der Waals surface area contributed by atoms with Gasteiger partial charge in [-0.2, -0.15) is 0 Å². The van der Waals surface area contributed by atoms with E-state index in [-0.39, 0.29) is 12.5 Å². The van der Waals surface area contributed by atoms with Gasteiger partial charge in [-0.25, -0.2) is 14.8 Å². The van der Waals surface area contributed by atoms with Gasteiger partial charge in [0.15, 0.2) is 0 Å². The highest BCUT2D eigenvalue weighted by Crippen LogP contribution is 2.34. The van der Waals surface area contributed by atoms with Crippen molar-refractivity contribution in [2.75, 3.05) is 50.1 Å². The zero-order chi connectivity index (χ0) is 20.1. The number of esters is 1. The van der Waals surface area contributed by atoms with E-state index in [1.807, 2.05) is 13.8 Å². The van der Waals surface area contributed by atoms with Crippen molar-refractivity contribution < 1.29 is 14.3 Å². The maximum absolute atomic E-state index is 12.6. The van der Waals surface area contributed by atoms with Crippen molar-refractivity contribution in [3.63, 3.8) is 0 Å². The van der Waals surface area contributed by atoms with Gasteiger partial charge in [0.05, 0.1) is 19.2 Å². The fourth-order valence-electron chi connectivity index (χ4n) is 3.34. The largest absolute Gasteiger partial charge is 0.465 e. The fraction of sp³-hybridized carbons (Fsp3) is 0.474. The predicted molar refractivity (Wildman–Crippen MR) is 109 cm³/mol. The quantitative estimate of drug-likeness (QED) is 0.738. The molecule has 2 aromatic heterocycles. The number of ether oxygens (including phenoxy) is 1. The molecule has 2 aromatic rings. The molecular weight excluding hydrogens is 378 g/mol. The number of aryl methyl sites for hydroxylation is 1. The number of carbonyl (C=O) groups is 2. The molecule has 1 saturated heterocycles. The van der Waals surface area contributed by atoms with Gasteiger partial charge in [0, 0.05) is 43.4 Å². The summed E-state index contributed by atoms with van der Waals surface area (Å²) >= 11 is 1.42. The van der Waals surface area contributed by atoms with Crippen molar-refractivity contribution in [2.45, 2.75) is 20.3 Å². The minimum absolute atomic E-state index is 0.126. The summed E-state index contributed by atoms with van der Waals surface area (Å²) in [5.41, 5.74) is 1.41. The van der Waals surface area contributed by atoms with Crippen LogP contribution in [0.25, 0.3) is 0 Å². The lowest BCUT2D eigenvalue weighted by molar-refractivity contribution is -0.117. The van der Waals surface area contributed by atoms with E-state index in [0.717, 1.165) is 42.6 Å². The van der Waals surface area contributed by atoms with Gasteiger partial charge in [-0.05, 0) is 25.0 Å². The monoisotopic (exact) mass is 403 g/mol. The van der Waals surface area contributed by atoms with Crippen LogP contribution in [0, 0.1) is 6.92 Å². The van der Waals surface area contributed by atoms with Crippen LogP contribution in [0.3, 0.4) is 0 Å². The third-order valence-corrected chi connectivity index (χ3v) is 5.84. The van der Waals surface area contributed by atoms with E-state index in [1.165, 1.54) is 18.4 Å². The van der Waals surface area contributed by atoms with Crippen molar-refractivity contribution in [1.82, 2.24) is 14.9 Å². The number of carbonyl (C=O) groups excluding carboxylic acids is 2. The molecule has 8 nitrogen and oxygen atoms in total. The van der Waals surface area contributed by atoms with Crippen LogP contribution >= 0.6 is 11.3 Å². The highest BCUT2D eigenvalue weighted by Gasteiger charge is 2.25. The minimum Gasteiger partial charge on any atom is -0.465 e. The molecule has 1 aliphatic heterocycles. The normalized spacial score (nSPS) is 14.8. The third-order valence-electron chi connectivity index (χ3n) is 4.78. The molecule has 1 aliphatic rings. The lowest BCUT2D eigenvalue weighted by atomic mass is 10.1. The van der Waals surface area contributed by atoms with Gasteiger partial charge in [-0.3, -0.25) is 9.69 Å². The summed E-state index contributed by atoms with van der Waals surface area (Å²) in [5.74, 6) is 0.182. The SMILES string of the molecule is CCc1c(C)sc(NC(=O)CN2CCN(c3ncccn3)CC2)c1C(=O)OC. The number of nitrogens with zero attached hydrogens (tertiary/aromatic N) is 4. The summed E-state index contributed by atoms with van der Waals surface area (Å²) in [6.45, 7) is 7.26. The number of thiophene rings is 1. The molecule has 0 saturated carbocycles. The number of nitrogens with one attached hydrogen (secondary N) is 1. The number of amides is 1. The third kappa shape index (κ3) is 4.48. The van der Waals surface area contributed by atoms with E-state index >= 15 is 0 Å². The Balaban J connectivity index is 1.59. The molecule has 0 atom stereocenters. The number of anilines is 2. The maximum Gasteiger partial charge on any atom is 0.341 e. The second-order valence-corrected chi connectivity index (χ2v) is 7.77. The molecule has 0 bridgehead atoms. The van der Waals surface area contributed by atoms with E-state index in [2.05, 4.69) is 25.1 Å². The number of piperazine rings is 1. The second-order valence-electron chi connectivity index (χ2n) is 6.55. The molecule has 0 aromatic carbocycles. The standard InChI is InChI=1S/C19H25N5O3S/c1-4-14-13(2)28-17(16(14)18(26)27-3)22-15(25)12-23-8-10-24(11-9-23)19-20-6-5-7-21-19/h5-7H,4,8-12H2,1-3H3,(H,22,25). The molecule has 3 rings (SSSR count). The molecule has 9 heteroatoms. The van der Waals surface area contributed by atoms with Gasteiger partial charge < -0.3 is 15.0 Å². The van der Waals surface area contributed by atoms with E-state index < -0.39 is 5.97 Å². The Bertz CT molecular complexity index is 832. The molecule has 0 unspecified atom stereocenters. The Hall–Kier alpha value is -2.52. The Morgan fingerprint density at radius 2 is 1.89 bits per heavy atom. The highest BCUT2D eigenvalue weighted by molar-refractivity contribution is 7.16. The first-order chi connectivity index (χ1) is 13.5. The van der Waals surface area contributed by atoms with Crippen LogP contribution in [0.15, 0.2) is 18.5 Å². The lowest BCUT2D eigenvalue weighted by Gasteiger charge is -2.34. The van der Waals surface area contributed by atoms with Crippen LogP contribution in [0.1, 0.15) is 27.7 Å². The van der Waals surface area contributed by atoms with E-state index in [9.17, 15) is 9.59 Å². The topological polar surface area (TPSA) is 87.7 Å². The maximum atomic E-state index is 12.6. The lowest BCUT2D eigenvalue weighted by Crippen LogP contribution is -2.49. The molecule has 3 heterocycles. The molecule has 1 N–H and O–H groups in total. The molecule has 28 heavy (non-hydrogen) atoms. The van der Waals surface area contributed by atoms with Crippen LogP contribution in [0.4, 0.5) is 10.9 Å². The number of methoxy groups -OCH3 is 1. The number of rotatable bonds is 6. The molecule has 0 aliphatic carbocycles. The highest BCUT2D eigenvalue weighted by atomic mass is 32.1. The van der Waals surface area contributed by atoms with E-state index in [1.54, 1.807) is 18.5 Å². The summed E-state index contributed by atoms with van der Waals surface area (Å²) in [5, 5.41) is 3.48. The molecule has 1 amide bonds. The molecule has 0 spiro atoms. The van der Waals surface area contributed by atoms with Gasteiger partial charge in [-0.1, -0.05) is 6.92 Å². The zero-order valence-corrected chi connectivity index (χ0v) is 17.2. The summed E-state index contributed by atoms with van der Waals surface area (Å²) in [7, 11) is 1.36. The Kier molecular flexibility index (Phi) is 6.58. The predicted octanol–water partition coefficient (Wildman–Crippen LogP) is 1.96. The van der Waals surface area contributed by atoms with Crippen molar-refractivity contribution in [3.05, 3.63) is 34.5 Å².